The third-order valence-electron chi connectivity index (χ3n) is 2.91. The molecule has 1 atom stereocenters. The number of halogens is 1. The molecule has 0 aliphatic heterocycles. The molecular formula is C15H18FN3O. The number of benzene rings is 1. The number of anilines is 2. The van der Waals surface area contributed by atoms with E-state index in [1.165, 1.54) is 6.07 Å². The van der Waals surface area contributed by atoms with Crippen LogP contribution < -0.4 is 15.8 Å². The monoisotopic (exact) mass is 275 g/mol. The normalized spacial score (nSPS) is 11.9. The zero-order valence-corrected chi connectivity index (χ0v) is 11.6. The van der Waals surface area contributed by atoms with Crippen molar-refractivity contribution >= 4 is 11.4 Å². The average molecular weight is 275 g/mol. The summed E-state index contributed by atoms with van der Waals surface area (Å²) < 4.78 is 18.9. The molecule has 1 aromatic heterocycles. The SMILES string of the molecule is CCOc1cc(NC(C)c2ccccn2)c(N)cc1F. The molecule has 4 nitrogen and oxygen atoms in total. The van der Waals surface area contributed by atoms with Crippen molar-refractivity contribution in [2.75, 3.05) is 17.7 Å². The maximum Gasteiger partial charge on any atom is 0.167 e. The van der Waals surface area contributed by atoms with Crippen LogP contribution in [-0.2, 0) is 0 Å². The summed E-state index contributed by atoms with van der Waals surface area (Å²) in [7, 11) is 0. The first-order valence-electron chi connectivity index (χ1n) is 6.51. The molecule has 106 valence electrons. The lowest BCUT2D eigenvalue weighted by Crippen LogP contribution is -2.10. The van der Waals surface area contributed by atoms with Gasteiger partial charge < -0.3 is 15.8 Å². The van der Waals surface area contributed by atoms with Gasteiger partial charge in [0.05, 0.1) is 29.7 Å². The molecule has 20 heavy (non-hydrogen) atoms. The Hall–Kier alpha value is -2.30. The van der Waals surface area contributed by atoms with Crippen molar-refractivity contribution in [2.45, 2.75) is 19.9 Å². The van der Waals surface area contributed by atoms with E-state index in [0.717, 1.165) is 5.69 Å². The fraction of sp³-hybridized carbons (Fsp3) is 0.267. The van der Waals surface area contributed by atoms with E-state index in [1.54, 1.807) is 19.2 Å². The Kier molecular flexibility index (Phi) is 4.40. The van der Waals surface area contributed by atoms with E-state index in [9.17, 15) is 4.39 Å². The summed E-state index contributed by atoms with van der Waals surface area (Å²) in [6.45, 7) is 4.17. The van der Waals surface area contributed by atoms with Gasteiger partial charge in [-0.05, 0) is 26.0 Å². The molecule has 0 aliphatic rings. The van der Waals surface area contributed by atoms with Crippen LogP contribution in [0.4, 0.5) is 15.8 Å². The molecule has 0 saturated carbocycles. The largest absolute Gasteiger partial charge is 0.491 e. The Morgan fingerprint density at radius 2 is 2.20 bits per heavy atom. The Balaban J connectivity index is 2.22. The van der Waals surface area contributed by atoms with Crippen LogP contribution in [0.5, 0.6) is 5.75 Å². The van der Waals surface area contributed by atoms with Gasteiger partial charge >= 0.3 is 0 Å². The molecule has 0 spiro atoms. The third-order valence-corrected chi connectivity index (χ3v) is 2.91. The van der Waals surface area contributed by atoms with E-state index in [2.05, 4.69) is 10.3 Å². The predicted molar refractivity (Wildman–Crippen MR) is 78.3 cm³/mol. The van der Waals surface area contributed by atoms with Gasteiger partial charge in [-0.3, -0.25) is 4.98 Å². The molecule has 0 amide bonds. The summed E-state index contributed by atoms with van der Waals surface area (Å²) in [6.07, 6.45) is 1.73. The van der Waals surface area contributed by atoms with E-state index in [1.807, 2.05) is 25.1 Å². The Morgan fingerprint density at radius 3 is 2.85 bits per heavy atom. The maximum atomic E-state index is 13.6. The number of ether oxygens (including phenoxy) is 1. The second-order valence-corrected chi connectivity index (χ2v) is 4.42. The second-order valence-electron chi connectivity index (χ2n) is 4.42. The first kappa shape index (κ1) is 14.1. The summed E-state index contributed by atoms with van der Waals surface area (Å²) in [4.78, 5) is 4.27. The lowest BCUT2D eigenvalue weighted by Gasteiger charge is -2.17. The molecule has 0 radical (unpaired) electrons. The third kappa shape index (κ3) is 3.17. The number of hydrogen-bond acceptors (Lipinski definition) is 4. The van der Waals surface area contributed by atoms with Gasteiger partial charge in [0.25, 0.3) is 0 Å². The fourth-order valence-electron chi connectivity index (χ4n) is 1.90. The fourth-order valence-corrected chi connectivity index (χ4v) is 1.90. The Labute approximate surface area is 117 Å². The summed E-state index contributed by atoms with van der Waals surface area (Å²) in [5.74, 6) is -0.266. The minimum absolute atomic E-state index is 0.0431. The van der Waals surface area contributed by atoms with Crippen molar-refractivity contribution in [2.24, 2.45) is 0 Å². The minimum atomic E-state index is -0.458. The van der Waals surface area contributed by atoms with Crippen LogP contribution >= 0.6 is 0 Å². The molecular weight excluding hydrogens is 257 g/mol. The average Bonchev–Trinajstić information content (AvgIpc) is 2.45. The van der Waals surface area contributed by atoms with Crippen LogP contribution in [0.2, 0.25) is 0 Å². The van der Waals surface area contributed by atoms with Gasteiger partial charge in [0.2, 0.25) is 0 Å². The van der Waals surface area contributed by atoms with Gasteiger partial charge in [-0.15, -0.1) is 0 Å². The van der Waals surface area contributed by atoms with Crippen LogP contribution in [-0.4, -0.2) is 11.6 Å². The number of nitrogen functional groups attached to an aromatic ring is 1. The summed E-state index contributed by atoms with van der Waals surface area (Å²) in [5.41, 5.74) is 7.69. The highest BCUT2D eigenvalue weighted by molar-refractivity contribution is 5.69. The molecule has 3 N–H and O–H groups in total. The summed E-state index contributed by atoms with van der Waals surface area (Å²) in [6, 6.07) is 8.49. The van der Waals surface area contributed by atoms with Crippen LogP contribution in [0, 0.1) is 5.82 Å². The second kappa shape index (κ2) is 6.23. The van der Waals surface area contributed by atoms with Crippen LogP contribution in [0.15, 0.2) is 36.5 Å². The number of hydrogen-bond donors (Lipinski definition) is 2. The molecule has 5 heteroatoms. The topological polar surface area (TPSA) is 60.2 Å². The number of nitrogens with one attached hydrogen (secondary N) is 1. The van der Waals surface area contributed by atoms with Crippen molar-refractivity contribution in [1.29, 1.82) is 0 Å². The maximum absolute atomic E-state index is 13.6. The van der Waals surface area contributed by atoms with Crippen molar-refractivity contribution in [3.63, 3.8) is 0 Å². The standard InChI is InChI=1S/C15H18FN3O/c1-3-20-15-9-14(12(17)8-11(15)16)19-10(2)13-6-4-5-7-18-13/h4-10,19H,3,17H2,1-2H3. The molecule has 1 unspecified atom stereocenters. The molecule has 0 bridgehead atoms. The van der Waals surface area contributed by atoms with Gasteiger partial charge in [0.1, 0.15) is 0 Å². The molecule has 1 heterocycles. The molecule has 0 saturated heterocycles. The van der Waals surface area contributed by atoms with E-state index in [4.69, 9.17) is 10.5 Å². The highest BCUT2D eigenvalue weighted by Crippen LogP contribution is 2.30. The van der Waals surface area contributed by atoms with Gasteiger partial charge in [-0.1, -0.05) is 6.07 Å². The lowest BCUT2D eigenvalue weighted by molar-refractivity contribution is 0.322. The number of pyridine rings is 1. The number of nitrogens with zero attached hydrogens (tertiary/aromatic N) is 1. The lowest BCUT2D eigenvalue weighted by atomic mass is 10.2. The highest BCUT2D eigenvalue weighted by atomic mass is 19.1. The van der Waals surface area contributed by atoms with Crippen molar-refractivity contribution in [3.8, 4) is 5.75 Å². The van der Waals surface area contributed by atoms with E-state index >= 15 is 0 Å². The highest BCUT2D eigenvalue weighted by Gasteiger charge is 2.12. The van der Waals surface area contributed by atoms with E-state index < -0.39 is 5.82 Å². The van der Waals surface area contributed by atoms with Gasteiger partial charge in [-0.25, -0.2) is 4.39 Å². The molecule has 2 aromatic rings. The number of aromatic nitrogens is 1. The van der Waals surface area contributed by atoms with Gasteiger partial charge in [0.15, 0.2) is 11.6 Å². The summed E-state index contributed by atoms with van der Waals surface area (Å²) >= 11 is 0. The quantitative estimate of drug-likeness (QED) is 0.821. The summed E-state index contributed by atoms with van der Waals surface area (Å²) in [5, 5.41) is 3.22. The molecule has 0 fully saturated rings. The van der Waals surface area contributed by atoms with Crippen LogP contribution in [0.25, 0.3) is 0 Å². The number of nitrogens with two attached hydrogens (primary N) is 1. The van der Waals surface area contributed by atoms with Crippen molar-refractivity contribution in [1.82, 2.24) is 4.98 Å². The van der Waals surface area contributed by atoms with Crippen LogP contribution in [0.1, 0.15) is 25.6 Å². The first-order valence-corrected chi connectivity index (χ1v) is 6.51. The zero-order valence-electron chi connectivity index (χ0n) is 11.6. The molecule has 2 rings (SSSR count). The first-order chi connectivity index (χ1) is 9.61. The zero-order chi connectivity index (χ0) is 14.5. The van der Waals surface area contributed by atoms with Gasteiger partial charge in [0, 0.05) is 18.3 Å². The Bertz CT molecular complexity index is 575. The molecule has 0 aliphatic carbocycles. The van der Waals surface area contributed by atoms with Crippen molar-refractivity contribution in [3.05, 3.63) is 48.0 Å². The smallest absolute Gasteiger partial charge is 0.167 e. The van der Waals surface area contributed by atoms with E-state index in [0.29, 0.717) is 18.0 Å². The minimum Gasteiger partial charge on any atom is -0.491 e. The van der Waals surface area contributed by atoms with Crippen LogP contribution in [0.3, 0.4) is 0 Å². The predicted octanol–water partition coefficient (Wildman–Crippen LogP) is 3.37. The van der Waals surface area contributed by atoms with E-state index in [-0.39, 0.29) is 11.8 Å². The van der Waals surface area contributed by atoms with Crippen molar-refractivity contribution < 1.29 is 9.13 Å². The Morgan fingerprint density at radius 1 is 1.40 bits per heavy atom. The number of rotatable bonds is 5. The van der Waals surface area contributed by atoms with Gasteiger partial charge in [-0.2, -0.15) is 0 Å². The molecule has 1 aromatic carbocycles.